The number of furan rings is 1. The molecule has 2 aromatic rings. The van der Waals surface area contributed by atoms with Crippen molar-refractivity contribution in [2.24, 2.45) is 5.10 Å². The first-order chi connectivity index (χ1) is 11.4. The third-order valence-corrected chi connectivity index (χ3v) is 2.93. The van der Waals surface area contributed by atoms with Gasteiger partial charge in [-0.3, -0.25) is 14.8 Å². The Balaban J connectivity index is 2.30. The van der Waals surface area contributed by atoms with Crippen LogP contribution < -0.4 is 5.43 Å². The van der Waals surface area contributed by atoms with Crippen molar-refractivity contribution < 1.29 is 18.9 Å². The fourth-order valence-electron chi connectivity index (χ4n) is 1.83. The van der Waals surface area contributed by atoms with Crippen molar-refractivity contribution in [2.45, 2.75) is 26.8 Å². The Hall–Kier alpha value is -3.17. The van der Waals surface area contributed by atoms with E-state index in [-0.39, 0.29) is 24.3 Å². The number of hydrazone groups is 1. The van der Waals surface area contributed by atoms with Gasteiger partial charge in [0.1, 0.15) is 10.6 Å². The molecule has 128 valence electrons. The lowest BCUT2D eigenvalue weighted by Gasteiger charge is -2.02. The Morgan fingerprint density at radius 3 is 2.92 bits per heavy atom. The molecular formula is C14H17N5O5. The summed E-state index contributed by atoms with van der Waals surface area (Å²) in [6, 6.07) is 2.77. The molecule has 10 nitrogen and oxygen atoms in total. The van der Waals surface area contributed by atoms with Gasteiger partial charge in [0, 0.05) is 17.8 Å². The van der Waals surface area contributed by atoms with Gasteiger partial charge in [-0.1, -0.05) is 0 Å². The van der Waals surface area contributed by atoms with Gasteiger partial charge >= 0.3 is 12.0 Å². The van der Waals surface area contributed by atoms with Gasteiger partial charge < -0.3 is 9.15 Å². The highest BCUT2D eigenvalue weighted by Gasteiger charge is 2.19. The van der Waals surface area contributed by atoms with E-state index in [1.807, 2.05) is 13.8 Å². The zero-order valence-electron chi connectivity index (χ0n) is 13.4. The molecule has 0 bridgehead atoms. The predicted octanol–water partition coefficient (Wildman–Crippen LogP) is 2.71. The summed E-state index contributed by atoms with van der Waals surface area (Å²) < 4.78 is 11.5. The number of nitro groups is 1. The third kappa shape index (κ3) is 3.97. The summed E-state index contributed by atoms with van der Waals surface area (Å²) in [6.07, 6.45) is 2.39. The maximum Gasteiger partial charge on any atom is 0.433 e. The Labute approximate surface area is 137 Å². The molecule has 10 heteroatoms. The minimum Gasteiger partial charge on any atom is -0.449 e. The van der Waals surface area contributed by atoms with Crippen molar-refractivity contribution in [3.63, 3.8) is 0 Å². The Morgan fingerprint density at radius 1 is 1.58 bits per heavy atom. The van der Waals surface area contributed by atoms with E-state index in [1.54, 1.807) is 17.8 Å². The van der Waals surface area contributed by atoms with Crippen LogP contribution in [-0.2, 0) is 4.74 Å². The summed E-state index contributed by atoms with van der Waals surface area (Å²) in [5.74, 6) is -0.143. The second-order valence-electron chi connectivity index (χ2n) is 4.99. The minimum atomic E-state index is -0.680. The predicted molar refractivity (Wildman–Crippen MR) is 84.7 cm³/mol. The standard InChI is InChI=1S/C14H17N5O5/c1-4-23-14(20)16-15-7-10-8-18(9(2)3)17-13(10)11-5-6-12(24-11)19(21)22/h5-9H,4H2,1-3H3,(H,16,20). The number of amides is 1. The summed E-state index contributed by atoms with van der Waals surface area (Å²) in [7, 11) is 0. The summed E-state index contributed by atoms with van der Waals surface area (Å²) >= 11 is 0. The molecule has 0 aliphatic rings. The first kappa shape index (κ1) is 17.2. The van der Waals surface area contributed by atoms with Gasteiger partial charge in [-0.15, -0.1) is 0 Å². The molecule has 0 saturated heterocycles. The normalized spacial score (nSPS) is 11.2. The number of hydrogen-bond acceptors (Lipinski definition) is 7. The molecule has 24 heavy (non-hydrogen) atoms. The van der Waals surface area contributed by atoms with Crippen LogP contribution in [0.4, 0.5) is 10.7 Å². The number of ether oxygens (including phenoxy) is 1. The summed E-state index contributed by atoms with van der Waals surface area (Å²) in [6.45, 7) is 5.77. The highest BCUT2D eigenvalue weighted by atomic mass is 16.6. The van der Waals surface area contributed by atoms with Gasteiger partial charge in [0.15, 0.2) is 5.76 Å². The van der Waals surface area contributed by atoms with Crippen LogP contribution in [0.5, 0.6) is 0 Å². The molecule has 0 fully saturated rings. The molecular weight excluding hydrogens is 318 g/mol. The fraction of sp³-hybridized carbons (Fsp3) is 0.357. The van der Waals surface area contributed by atoms with E-state index < -0.39 is 11.0 Å². The fourth-order valence-corrected chi connectivity index (χ4v) is 1.83. The van der Waals surface area contributed by atoms with Gasteiger partial charge in [0.05, 0.1) is 18.9 Å². The molecule has 1 N–H and O–H groups in total. The van der Waals surface area contributed by atoms with Gasteiger partial charge in [0.2, 0.25) is 0 Å². The number of aromatic nitrogens is 2. The molecule has 0 aliphatic heterocycles. The SMILES string of the molecule is CCOC(=O)NN=Cc1cn(C(C)C)nc1-c1ccc([N+](=O)[O-])o1. The molecule has 0 aliphatic carbocycles. The van der Waals surface area contributed by atoms with Crippen molar-refractivity contribution in [3.05, 3.63) is 34.0 Å². The van der Waals surface area contributed by atoms with Crippen molar-refractivity contribution in [1.29, 1.82) is 0 Å². The van der Waals surface area contributed by atoms with Crippen LogP contribution in [-0.4, -0.2) is 33.6 Å². The summed E-state index contributed by atoms with van der Waals surface area (Å²) in [5, 5.41) is 18.9. The largest absolute Gasteiger partial charge is 0.449 e. The quantitative estimate of drug-likeness (QED) is 0.491. The van der Waals surface area contributed by atoms with E-state index in [2.05, 4.69) is 20.4 Å². The average Bonchev–Trinajstić information content (AvgIpc) is 3.13. The van der Waals surface area contributed by atoms with Crippen LogP contribution in [0.15, 0.2) is 27.8 Å². The lowest BCUT2D eigenvalue weighted by atomic mass is 10.2. The van der Waals surface area contributed by atoms with Gasteiger partial charge in [-0.25, -0.2) is 10.2 Å². The van der Waals surface area contributed by atoms with E-state index in [0.717, 1.165) is 0 Å². The summed E-state index contributed by atoms with van der Waals surface area (Å²) in [5.41, 5.74) is 3.12. The van der Waals surface area contributed by atoms with Crippen molar-refractivity contribution in [2.75, 3.05) is 6.61 Å². The monoisotopic (exact) mass is 335 g/mol. The van der Waals surface area contributed by atoms with E-state index in [9.17, 15) is 14.9 Å². The van der Waals surface area contributed by atoms with E-state index in [0.29, 0.717) is 11.3 Å². The van der Waals surface area contributed by atoms with Gasteiger partial charge in [0.25, 0.3) is 0 Å². The zero-order valence-corrected chi connectivity index (χ0v) is 13.4. The van der Waals surface area contributed by atoms with E-state index in [4.69, 9.17) is 4.42 Å². The topological polar surface area (TPSA) is 125 Å². The van der Waals surface area contributed by atoms with Crippen molar-refractivity contribution >= 4 is 18.2 Å². The van der Waals surface area contributed by atoms with E-state index >= 15 is 0 Å². The van der Waals surface area contributed by atoms with Crippen molar-refractivity contribution in [3.8, 4) is 11.5 Å². The maximum absolute atomic E-state index is 11.2. The Morgan fingerprint density at radius 2 is 2.33 bits per heavy atom. The minimum absolute atomic E-state index is 0.0638. The number of rotatable bonds is 6. The van der Waals surface area contributed by atoms with Crippen LogP contribution in [0.25, 0.3) is 11.5 Å². The molecule has 0 saturated carbocycles. The van der Waals surface area contributed by atoms with Crippen molar-refractivity contribution in [1.82, 2.24) is 15.2 Å². The molecule has 0 radical (unpaired) electrons. The molecule has 0 atom stereocenters. The van der Waals surface area contributed by atoms with Gasteiger partial charge in [-0.05, 0) is 26.8 Å². The Bertz CT molecular complexity index is 761. The molecule has 0 spiro atoms. The summed E-state index contributed by atoms with van der Waals surface area (Å²) in [4.78, 5) is 21.3. The maximum atomic E-state index is 11.2. The average molecular weight is 335 g/mol. The van der Waals surface area contributed by atoms with E-state index in [1.165, 1.54) is 18.3 Å². The number of carbonyl (C=O) groups is 1. The van der Waals surface area contributed by atoms with Crippen LogP contribution >= 0.6 is 0 Å². The number of nitrogens with zero attached hydrogens (tertiary/aromatic N) is 4. The van der Waals surface area contributed by atoms with Crippen LogP contribution in [0, 0.1) is 10.1 Å². The number of hydrogen-bond donors (Lipinski definition) is 1. The number of nitrogens with one attached hydrogen (secondary N) is 1. The Kier molecular flexibility index (Phi) is 5.30. The molecule has 2 aromatic heterocycles. The van der Waals surface area contributed by atoms with Crippen LogP contribution in [0.1, 0.15) is 32.4 Å². The van der Waals surface area contributed by atoms with Crippen LogP contribution in [0.2, 0.25) is 0 Å². The number of carbonyl (C=O) groups excluding carboxylic acids is 1. The zero-order chi connectivity index (χ0) is 17.7. The third-order valence-electron chi connectivity index (χ3n) is 2.93. The lowest BCUT2D eigenvalue weighted by Crippen LogP contribution is -2.18. The molecule has 0 aromatic carbocycles. The second-order valence-corrected chi connectivity index (χ2v) is 4.99. The first-order valence-corrected chi connectivity index (χ1v) is 7.22. The molecule has 2 heterocycles. The molecule has 2 rings (SSSR count). The smallest absolute Gasteiger partial charge is 0.433 e. The van der Waals surface area contributed by atoms with Crippen LogP contribution in [0.3, 0.4) is 0 Å². The molecule has 0 unspecified atom stereocenters. The van der Waals surface area contributed by atoms with Gasteiger partial charge in [-0.2, -0.15) is 10.2 Å². The highest BCUT2D eigenvalue weighted by Crippen LogP contribution is 2.27. The first-order valence-electron chi connectivity index (χ1n) is 7.22. The lowest BCUT2D eigenvalue weighted by molar-refractivity contribution is -0.401. The highest BCUT2D eigenvalue weighted by molar-refractivity contribution is 5.88. The second kappa shape index (κ2) is 7.40. The molecule has 1 amide bonds.